The molecular weight excluding hydrogens is 370 g/mol. The molecule has 0 atom stereocenters. The summed E-state index contributed by atoms with van der Waals surface area (Å²) in [6, 6.07) is 10.5. The first-order valence-electron chi connectivity index (χ1n) is 9.87. The normalized spacial score (nSPS) is 19.0. The lowest BCUT2D eigenvalue weighted by atomic mass is 9.68. The predicted octanol–water partition coefficient (Wildman–Crippen LogP) is 4.42. The molecule has 1 fully saturated rings. The SMILES string of the molecule is CN1CCC2(CC=C(c3cc4ccccc4o3)CC2)CC1.O=C(O)/C=C/C(=O)O. The van der Waals surface area contributed by atoms with Gasteiger partial charge in [0.05, 0.1) is 0 Å². The molecule has 2 aromatic rings. The minimum Gasteiger partial charge on any atom is -0.478 e. The van der Waals surface area contributed by atoms with Crippen molar-refractivity contribution in [2.45, 2.75) is 32.1 Å². The Kier molecular flexibility index (Phi) is 6.54. The van der Waals surface area contributed by atoms with Crippen LogP contribution < -0.4 is 0 Å². The smallest absolute Gasteiger partial charge is 0.328 e. The first kappa shape index (κ1) is 20.9. The lowest BCUT2D eigenvalue weighted by Gasteiger charge is -2.42. The van der Waals surface area contributed by atoms with Gasteiger partial charge in [0.2, 0.25) is 0 Å². The van der Waals surface area contributed by atoms with Crippen LogP contribution >= 0.6 is 0 Å². The Labute approximate surface area is 170 Å². The average Bonchev–Trinajstić information content (AvgIpc) is 3.14. The van der Waals surface area contributed by atoms with E-state index in [0.29, 0.717) is 17.6 Å². The number of aliphatic carboxylic acids is 2. The van der Waals surface area contributed by atoms with Crippen LogP contribution in [0.5, 0.6) is 0 Å². The Morgan fingerprint density at radius 2 is 1.72 bits per heavy atom. The minimum absolute atomic E-state index is 0.558. The van der Waals surface area contributed by atoms with Crippen LogP contribution in [0, 0.1) is 5.41 Å². The van der Waals surface area contributed by atoms with Crippen molar-refractivity contribution in [3.63, 3.8) is 0 Å². The van der Waals surface area contributed by atoms with Crippen LogP contribution in [0.15, 0.2) is 53.0 Å². The van der Waals surface area contributed by atoms with Crippen LogP contribution in [-0.2, 0) is 9.59 Å². The summed E-state index contributed by atoms with van der Waals surface area (Å²) in [4.78, 5) is 21.6. The van der Waals surface area contributed by atoms with Crippen molar-refractivity contribution in [1.29, 1.82) is 0 Å². The van der Waals surface area contributed by atoms with E-state index in [9.17, 15) is 9.59 Å². The van der Waals surface area contributed by atoms with Gasteiger partial charge in [0, 0.05) is 17.5 Å². The van der Waals surface area contributed by atoms with Gasteiger partial charge in [0.25, 0.3) is 0 Å². The van der Waals surface area contributed by atoms with Gasteiger partial charge in [-0.25, -0.2) is 9.59 Å². The van der Waals surface area contributed by atoms with E-state index >= 15 is 0 Å². The van der Waals surface area contributed by atoms with Crippen molar-refractivity contribution in [2.24, 2.45) is 5.41 Å². The number of hydrogen-bond donors (Lipinski definition) is 2. The van der Waals surface area contributed by atoms with Crippen molar-refractivity contribution in [3.8, 4) is 0 Å². The maximum absolute atomic E-state index is 9.55. The number of piperidine rings is 1. The molecule has 4 rings (SSSR count). The highest BCUT2D eigenvalue weighted by Crippen LogP contribution is 2.46. The molecule has 1 spiro atoms. The van der Waals surface area contributed by atoms with E-state index in [2.05, 4.69) is 42.3 Å². The monoisotopic (exact) mass is 397 g/mol. The van der Waals surface area contributed by atoms with Crippen molar-refractivity contribution >= 4 is 28.5 Å². The Hall–Kier alpha value is -2.86. The van der Waals surface area contributed by atoms with Crippen molar-refractivity contribution in [1.82, 2.24) is 4.90 Å². The Bertz CT molecular complexity index is 883. The summed E-state index contributed by atoms with van der Waals surface area (Å²) >= 11 is 0. The molecule has 0 saturated carbocycles. The third kappa shape index (κ3) is 5.57. The zero-order chi connectivity index (χ0) is 20.9. The maximum atomic E-state index is 9.55. The number of likely N-dealkylation sites (tertiary alicyclic amines) is 1. The number of benzene rings is 1. The van der Waals surface area contributed by atoms with E-state index in [-0.39, 0.29) is 0 Å². The van der Waals surface area contributed by atoms with Crippen LogP contribution in [0.25, 0.3) is 16.5 Å². The zero-order valence-electron chi connectivity index (χ0n) is 16.6. The average molecular weight is 397 g/mol. The highest BCUT2D eigenvalue weighted by atomic mass is 16.4. The molecule has 1 saturated heterocycles. The Balaban J connectivity index is 0.000000258. The van der Waals surface area contributed by atoms with Crippen LogP contribution in [0.2, 0.25) is 0 Å². The van der Waals surface area contributed by atoms with Crippen molar-refractivity contribution in [3.05, 3.63) is 54.3 Å². The van der Waals surface area contributed by atoms with E-state index in [4.69, 9.17) is 14.6 Å². The third-order valence-electron chi connectivity index (χ3n) is 5.86. The fourth-order valence-electron chi connectivity index (χ4n) is 4.00. The largest absolute Gasteiger partial charge is 0.478 e. The lowest BCUT2D eigenvalue weighted by Crippen LogP contribution is -2.38. The summed E-state index contributed by atoms with van der Waals surface area (Å²) < 4.78 is 6.02. The van der Waals surface area contributed by atoms with Gasteiger partial charge in [0.15, 0.2) is 0 Å². The number of nitrogens with zero attached hydrogens (tertiary/aromatic N) is 1. The summed E-state index contributed by atoms with van der Waals surface area (Å²) in [5, 5.41) is 16.8. The number of carbonyl (C=O) groups is 2. The van der Waals surface area contributed by atoms with Gasteiger partial charge in [-0.2, -0.15) is 0 Å². The molecule has 6 nitrogen and oxygen atoms in total. The molecule has 0 amide bonds. The molecule has 0 radical (unpaired) electrons. The van der Waals surface area contributed by atoms with E-state index in [1.807, 2.05) is 6.07 Å². The maximum Gasteiger partial charge on any atom is 0.328 e. The number of carboxylic acids is 2. The van der Waals surface area contributed by atoms with E-state index in [1.165, 1.54) is 56.2 Å². The van der Waals surface area contributed by atoms with Crippen LogP contribution in [0.1, 0.15) is 37.9 Å². The molecule has 2 aliphatic rings. The van der Waals surface area contributed by atoms with Gasteiger partial charge < -0.3 is 19.5 Å². The quantitative estimate of drug-likeness (QED) is 0.745. The standard InChI is InChI=1S/C19H23NO.C4H4O4/c1-20-12-10-19(11-13-20)8-6-15(7-9-19)18-14-16-4-2-3-5-17(16)21-18;5-3(6)1-2-4(7)8/h2-6,14H,7-13H2,1H3;1-2H,(H,5,6)(H,7,8)/b;2-1+. The number of para-hydroxylation sites is 1. The zero-order valence-corrected chi connectivity index (χ0v) is 16.6. The minimum atomic E-state index is -1.26. The second kappa shape index (κ2) is 9.09. The van der Waals surface area contributed by atoms with Gasteiger partial charge in [-0.3, -0.25) is 0 Å². The molecule has 29 heavy (non-hydrogen) atoms. The summed E-state index contributed by atoms with van der Waals surface area (Å²) in [6.07, 6.45) is 10.00. The highest BCUT2D eigenvalue weighted by molar-refractivity contribution is 5.89. The molecule has 0 bridgehead atoms. The van der Waals surface area contributed by atoms with Crippen LogP contribution in [0.4, 0.5) is 0 Å². The summed E-state index contributed by atoms with van der Waals surface area (Å²) in [5.74, 6) is -1.43. The number of hydrogen-bond acceptors (Lipinski definition) is 4. The molecule has 1 aromatic carbocycles. The first-order chi connectivity index (χ1) is 13.9. The predicted molar refractivity (Wildman–Crippen MR) is 112 cm³/mol. The Morgan fingerprint density at radius 1 is 1.07 bits per heavy atom. The Morgan fingerprint density at radius 3 is 2.28 bits per heavy atom. The number of furan rings is 1. The second-order valence-electron chi connectivity index (χ2n) is 7.90. The molecule has 154 valence electrons. The van der Waals surface area contributed by atoms with Crippen molar-refractivity contribution in [2.75, 3.05) is 20.1 Å². The van der Waals surface area contributed by atoms with Crippen molar-refractivity contribution < 1.29 is 24.2 Å². The summed E-state index contributed by atoms with van der Waals surface area (Å²) in [5.41, 5.74) is 2.99. The number of fused-ring (bicyclic) bond motifs is 1. The highest BCUT2D eigenvalue weighted by Gasteiger charge is 2.35. The molecular formula is C23H27NO5. The van der Waals surface area contributed by atoms with Gasteiger partial charge in [-0.05, 0) is 75.4 Å². The molecule has 6 heteroatoms. The number of rotatable bonds is 3. The molecule has 1 aliphatic heterocycles. The lowest BCUT2D eigenvalue weighted by molar-refractivity contribution is -0.134. The summed E-state index contributed by atoms with van der Waals surface area (Å²) in [6.45, 7) is 2.52. The summed E-state index contributed by atoms with van der Waals surface area (Å²) in [7, 11) is 2.24. The second-order valence-corrected chi connectivity index (χ2v) is 7.90. The number of allylic oxidation sites excluding steroid dienone is 2. The molecule has 2 heterocycles. The van der Waals surface area contributed by atoms with E-state index in [1.54, 1.807) is 0 Å². The van der Waals surface area contributed by atoms with Crippen LogP contribution in [-0.4, -0.2) is 47.2 Å². The van der Waals surface area contributed by atoms with E-state index in [0.717, 1.165) is 11.3 Å². The van der Waals surface area contributed by atoms with E-state index < -0.39 is 11.9 Å². The topological polar surface area (TPSA) is 91.0 Å². The fourth-order valence-corrected chi connectivity index (χ4v) is 4.00. The van der Waals surface area contributed by atoms with Gasteiger partial charge >= 0.3 is 11.9 Å². The molecule has 1 aromatic heterocycles. The van der Waals surface area contributed by atoms with Crippen LogP contribution in [0.3, 0.4) is 0 Å². The molecule has 1 aliphatic carbocycles. The first-order valence-corrected chi connectivity index (χ1v) is 9.87. The molecule has 2 N–H and O–H groups in total. The third-order valence-corrected chi connectivity index (χ3v) is 5.86. The number of carboxylic acid groups (broad SMARTS) is 2. The fraction of sp³-hybridized carbons (Fsp3) is 0.391. The molecule has 0 unspecified atom stereocenters. The van der Waals surface area contributed by atoms with Gasteiger partial charge in [0.1, 0.15) is 11.3 Å². The van der Waals surface area contributed by atoms with Gasteiger partial charge in [-0.15, -0.1) is 0 Å². The van der Waals surface area contributed by atoms with Gasteiger partial charge in [-0.1, -0.05) is 24.3 Å².